The van der Waals surface area contributed by atoms with Gasteiger partial charge in [0.25, 0.3) is 0 Å². The molecule has 0 N–H and O–H groups in total. The van der Waals surface area contributed by atoms with Crippen molar-refractivity contribution in [3.63, 3.8) is 0 Å². The Balaban J connectivity index is 0.000000191. The van der Waals surface area contributed by atoms with Gasteiger partial charge in [0.05, 0.1) is 5.52 Å². The Bertz CT molecular complexity index is 2620. The topological polar surface area (TPSA) is 23.8 Å². The summed E-state index contributed by atoms with van der Waals surface area (Å²) < 4.78 is 2.42. The van der Waals surface area contributed by atoms with Crippen molar-refractivity contribution in [3.8, 4) is 11.3 Å². The number of anilines is 4. The molecule has 0 aliphatic carbocycles. The van der Waals surface area contributed by atoms with Crippen LogP contribution in [0.4, 0.5) is 22.7 Å². The van der Waals surface area contributed by atoms with E-state index >= 15 is 0 Å². The molecule has 1 aliphatic heterocycles. The molecule has 0 amide bonds. The predicted octanol–water partition coefficient (Wildman–Crippen LogP) is 11.5. The minimum absolute atomic E-state index is 0. The van der Waals surface area contributed by atoms with Crippen LogP contribution in [-0.4, -0.2) is 9.38 Å². The molecule has 10 rings (SSSR count). The zero-order valence-electron chi connectivity index (χ0n) is 28.0. The van der Waals surface area contributed by atoms with E-state index in [1.807, 2.05) is 12.3 Å². The summed E-state index contributed by atoms with van der Waals surface area (Å²) in [7, 11) is 0. The van der Waals surface area contributed by atoms with Crippen molar-refractivity contribution < 1.29 is 20.1 Å². The smallest absolute Gasteiger partial charge is 0.493 e. The van der Waals surface area contributed by atoms with Gasteiger partial charge in [-0.3, -0.25) is 0 Å². The van der Waals surface area contributed by atoms with Crippen molar-refractivity contribution in [2.24, 2.45) is 0 Å². The second-order valence-electron chi connectivity index (χ2n) is 12.8. The van der Waals surface area contributed by atoms with E-state index in [1.165, 1.54) is 60.5 Å². The van der Waals surface area contributed by atoms with Gasteiger partial charge in [0, 0.05) is 39.5 Å². The van der Waals surface area contributed by atoms with Crippen molar-refractivity contribution in [2.45, 2.75) is 20.8 Å². The summed E-state index contributed by atoms with van der Waals surface area (Å²) in [5.41, 5.74) is 14.1. The van der Waals surface area contributed by atoms with Crippen molar-refractivity contribution >= 4 is 60.8 Å². The van der Waals surface area contributed by atoms with Crippen molar-refractivity contribution in [1.82, 2.24) is 9.38 Å². The summed E-state index contributed by atoms with van der Waals surface area (Å²) in [6, 6.07) is 53.8. The first-order valence-corrected chi connectivity index (χ1v) is 16.6. The molecule has 3 aromatic heterocycles. The number of aryl methyl sites for hydroxylation is 3. The first kappa shape index (κ1) is 31.8. The standard InChI is InChI=1S/C31H19N3.C14H14N.Ir/c1-2-10-21(11-3-1)32-20-33(27-17-7-6-16-26(27)32)28-18-9-19-29-30(28)24-14-8-13-23-22-12-4-5-15-25(22)34(29)31(23)24;1-10-4-6-13(7-5-10)14-8-11(2)12(3)9-15-14;/h1-17,19-20H;4-6,8-9H,1-3H3;/q-2;-1;+3. The van der Waals surface area contributed by atoms with Crippen LogP contribution in [0, 0.1) is 39.6 Å². The van der Waals surface area contributed by atoms with E-state index in [2.05, 4.69) is 186 Å². The average molecular weight is 822 g/mol. The molecule has 0 spiro atoms. The average Bonchev–Trinajstić information content (AvgIpc) is 3.82. The molecule has 0 saturated carbocycles. The van der Waals surface area contributed by atoms with E-state index in [-0.39, 0.29) is 20.1 Å². The van der Waals surface area contributed by atoms with Gasteiger partial charge < -0.3 is 19.2 Å². The fourth-order valence-corrected chi connectivity index (χ4v) is 7.11. The van der Waals surface area contributed by atoms with E-state index in [0.29, 0.717) is 0 Å². The summed E-state index contributed by atoms with van der Waals surface area (Å²) in [5, 5.41) is 5.09. The Hall–Kier alpha value is -5.48. The van der Waals surface area contributed by atoms with Crippen LogP contribution < -0.4 is 9.80 Å². The van der Waals surface area contributed by atoms with Crippen molar-refractivity contribution in [2.75, 3.05) is 9.80 Å². The fraction of sp³-hybridized carbons (Fsp3) is 0.0667. The second-order valence-corrected chi connectivity index (χ2v) is 12.8. The van der Waals surface area contributed by atoms with E-state index in [9.17, 15) is 0 Å². The number of fused-ring (bicyclic) bond motifs is 7. The zero-order chi connectivity index (χ0) is 33.1. The number of para-hydroxylation sites is 5. The minimum Gasteiger partial charge on any atom is -0.493 e. The first-order chi connectivity index (χ1) is 24.1. The Morgan fingerprint density at radius 2 is 1.34 bits per heavy atom. The van der Waals surface area contributed by atoms with Crippen LogP contribution in [0.1, 0.15) is 16.7 Å². The largest absolute Gasteiger partial charge is 3.00 e. The molecule has 9 aromatic rings. The SMILES string of the molecule is Cc1c[c-]c(-c2cc(C)c(C)cn2)cc1.[Ir+3].[c-]1ccc2c(c1N1[CH-]N(c3ccccc3)c3ccccc31)c1cccc3c4ccccc4n2c31. The summed E-state index contributed by atoms with van der Waals surface area (Å²) in [6.07, 6.45) is 1.92. The van der Waals surface area contributed by atoms with Gasteiger partial charge in [-0.2, -0.15) is 12.1 Å². The molecular weight excluding hydrogens is 789 g/mol. The molecule has 0 radical (unpaired) electrons. The molecule has 242 valence electrons. The van der Waals surface area contributed by atoms with Gasteiger partial charge >= 0.3 is 20.1 Å². The Morgan fingerprint density at radius 3 is 2.12 bits per heavy atom. The summed E-state index contributed by atoms with van der Waals surface area (Å²) in [6.45, 7) is 8.44. The van der Waals surface area contributed by atoms with Gasteiger partial charge in [-0.1, -0.05) is 102 Å². The molecular formula is C45H33IrN4. The van der Waals surface area contributed by atoms with Crippen LogP contribution in [0.25, 0.3) is 49.4 Å². The van der Waals surface area contributed by atoms with Crippen LogP contribution in [0.3, 0.4) is 0 Å². The molecule has 50 heavy (non-hydrogen) atoms. The van der Waals surface area contributed by atoms with Crippen molar-refractivity contribution in [1.29, 1.82) is 0 Å². The number of benzene rings is 6. The Labute approximate surface area is 305 Å². The van der Waals surface area contributed by atoms with Crippen LogP contribution in [-0.2, 0) is 20.1 Å². The van der Waals surface area contributed by atoms with Crippen LogP contribution in [0.15, 0.2) is 140 Å². The summed E-state index contributed by atoms with van der Waals surface area (Å²) in [4.78, 5) is 8.95. The van der Waals surface area contributed by atoms with Crippen LogP contribution >= 0.6 is 0 Å². The number of aromatic nitrogens is 2. The van der Waals surface area contributed by atoms with Gasteiger partial charge in [0.15, 0.2) is 0 Å². The Kier molecular flexibility index (Phi) is 8.11. The van der Waals surface area contributed by atoms with E-state index in [0.717, 1.165) is 28.3 Å². The maximum atomic E-state index is 4.41. The second kappa shape index (κ2) is 12.8. The summed E-state index contributed by atoms with van der Waals surface area (Å²) in [5.74, 6) is 0. The number of pyridine rings is 1. The maximum Gasteiger partial charge on any atom is 3.00 e. The van der Waals surface area contributed by atoms with Gasteiger partial charge in [0.2, 0.25) is 0 Å². The molecule has 0 fully saturated rings. The zero-order valence-corrected chi connectivity index (χ0v) is 30.4. The monoisotopic (exact) mass is 822 g/mol. The number of nitrogens with zero attached hydrogens (tertiary/aromatic N) is 4. The molecule has 4 heterocycles. The van der Waals surface area contributed by atoms with Gasteiger partial charge in [0.1, 0.15) is 0 Å². The third kappa shape index (κ3) is 5.13. The molecule has 0 bridgehead atoms. The molecule has 5 heteroatoms. The van der Waals surface area contributed by atoms with E-state index in [4.69, 9.17) is 0 Å². The molecule has 0 unspecified atom stereocenters. The van der Waals surface area contributed by atoms with E-state index < -0.39 is 0 Å². The molecule has 4 nitrogen and oxygen atoms in total. The van der Waals surface area contributed by atoms with Gasteiger partial charge in [-0.25, -0.2) is 0 Å². The van der Waals surface area contributed by atoms with Crippen LogP contribution in [0.5, 0.6) is 0 Å². The first-order valence-electron chi connectivity index (χ1n) is 16.6. The third-order valence-corrected chi connectivity index (χ3v) is 9.68. The maximum absolute atomic E-state index is 4.41. The van der Waals surface area contributed by atoms with Crippen LogP contribution in [0.2, 0.25) is 0 Å². The molecule has 1 aliphatic rings. The quantitative estimate of drug-likeness (QED) is 0.166. The predicted molar refractivity (Wildman–Crippen MR) is 204 cm³/mol. The molecule has 0 atom stereocenters. The van der Waals surface area contributed by atoms with Crippen molar-refractivity contribution in [3.05, 3.63) is 175 Å². The number of hydrogen-bond acceptors (Lipinski definition) is 3. The van der Waals surface area contributed by atoms with E-state index in [1.54, 1.807) is 0 Å². The Morgan fingerprint density at radius 1 is 0.620 bits per heavy atom. The van der Waals surface area contributed by atoms with Gasteiger partial charge in [-0.05, 0) is 60.8 Å². The summed E-state index contributed by atoms with van der Waals surface area (Å²) >= 11 is 0. The molecule has 6 aromatic carbocycles. The normalized spacial score (nSPS) is 12.4. The molecule has 0 saturated heterocycles. The fourth-order valence-electron chi connectivity index (χ4n) is 7.11. The number of hydrogen-bond donors (Lipinski definition) is 0. The number of rotatable bonds is 3. The minimum atomic E-state index is 0. The third-order valence-electron chi connectivity index (χ3n) is 9.68. The van der Waals surface area contributed by atoms with Gasteiger partial charge in [-0.15, -0.1) is 48.1 Å².